The lowest BCUT2D eigenvalue weighted by atomic mass is 10.00. The average molecular weight is 482 g/mol. The highest BCUT2D eigenvalue weighted by molar-refractivity contribution is 5.99. The number of ether oxygens (including phenoxy) is 1. The highest BCUT2D eigenvalue weighted by Crippen LogP contribution is 2.26. The van der Waals surface area contributed by atoms with E-state index in [1.165, 1.54) is 4.90 Å². The smallest absolute Gasteiger partial charge is 0.408 e. The number of nitrogens with zero attached hydrogens (tertiary/aromatic N) is 1. The third-order valence-electron chi connectivity index (χ3n) is 5.22. The largest absolute Gasteiger partial charge is 0.444 e. The SMILES string of the molecule is C=Cc1cccc(C(C(=O)Nc2ccccc2C)N(CC)C(=O)C(CO)NC(=O)OC(C)(C)C)c1. The van der Waals surface area contributed by atoms with Crippen LogP contribution in [0.4, 0.5) is 10.5 Å². The number of anilines is 1. The van der Waals surface area contributed by atoms with E-state index >= 15 is 0 Å². The van der Waals surface area contributed by atoms with E-state index in [-0.39, 0.29) is 6.54 Å². The first-order valence-electron chi connectivity index (χ1n) is 11.5. The minimum atomic E-state index is -1.29. The van der Waals surface area contributed by atoms with Crippen molar-refractivity contribution >= 4 is 29.7 Å². The number of likely N-dealkylation sites (N-methyl/N-ethyl adjacent to an activating group) is 1. The maximum absolute atomic E-state index is 13.6. The van der Waals surface area contributed by atoms with Gasteiger partial charge in [0.25, 0.3) is 5.91 Å². The number of aliphatic hydroxyl groups excluding tert-OH is 1. The molecule has 2 unspecified atom stereocenters. The highest BCUT2D eigenvalue weighted by atomic mass is 16.6. The molecule has 2 atom stereocenters. The molecule has 3 amide bonds. The molecule has 0 saturated carbocycles. The fraction of sp³-hybridized carbons (Fsp3) is 0.370. The van der Waals surface area contributed by atoms with E-state index in [1.54, 1.807) is 58.0 Å². The number of amides is 3. The van der Waals surface area contributed by atoms with E-state index in [4.69, 9.17) is 4.74 Å². The summed E-state index contributed by atoms with van der Waals surface area (Å²) in [5.41, 5.74) is 2.06. The van der Waals surface area contributed by atoms with Crippen LogP contribution < -0.4 is 10.6 Å². The summed E-state index contributed by atoms with van der Waals surface area (Å²) in [5.74, 6) is -1.04. The summed E-state index contributed by atoms with van der Waals surface area (Å²) < 4.78 is 5.23. The fourth-order valence-electron chi connectivity index (χ4n) is 3.54. The maximum Gasteiger partial charge on any atom is 0.408 e. The van der Waals surface area contributed by atoms with Crippen molar-refractivity contribution in [1.82, 2.24) is 10.2 Å². The minimum Gasteiger partial charge on any atom is -0.444 e. The van der Waals surface area contributed by atoms with E-state index in [9.17, 15) is 19.5 Å². The number of alkyl carbamates (subject to hydrolysis) is 1. The van der Waals surface area contributed by atoms with Gasteiger partial charge in [-0.1, -0.05) is 49.1 Å². The molecule has 0 radical (unpaired) electrons. The Bertz CT molecular complexity index is 1060. The second-order valence-electron chi connectivity index (χ2n) is 9.09. The van der Waals surface area contributed by atoms with Crippen molar-refractivity contribution in [3.05, 3.63) is 71.8 Å². The molecule has 0 spiro atoms. The van der Waals surface area contributed by atoms with Gasteiger partial charge in [0, 0.05) is 12.2 Å². The van der Waals surface area contributed by atoms with Crippen LogP contribution in [0.15, 0.2) is 55.1 Å². The Balaban J connectivity index is 2.43. The number of hydrogen-bond acceptors (Lipinski definition) is 5. The van der Waals surface area contributed by atoms with E-state index in [2.05, 4.69) is 17.2 Å². The molecule has 2 rings (SSSR count). The van der Waals surface area contributed by atoms with Crippen LogP contribution >= 0.6 is 0 Å². The van der Waals surface area contributed by atoms with Gasteiger partial charge in [-0.3, -0.25) is 9.59 Å². The van der Waals surface area contributed by atoms with Crippen molar-refractivity contribution in [3.63, 3.8) is 0 Å². The second-order valence-corrected chi connectivity index (χ2v) is 9.09. The number of hydrogen-bond donors (Lipinski definition) is 3. The Morgan fingerprint density at radius 2 is 1.83 bits per heavy atom. The molecule has 35 heavy (non-hydrogen) atoms. The first-order valence-corrected chi connectivity index (χ1v) is 11.5. The quantitative estimate of drug-likeness (QED) is 0.501. The first kappa shape index (κ1) is 27.6. The van der Waals surface area contributed by atoms with Gasteiger partial charge in [-0.05, 0) is 63.4 Å². The summed E-state index contributed by atoms with van der Waals surface area (Å²) in [6.07, 6.45) is 0.814. The Kier molecular flexibility index (Phi) is 9.59. The number of carbonyl (C=O) groups is 3. The molecule has 0 bridgehead atoms. The van der Waals surface area contributed by atoms with Gasteiger partial charge in [-0.15, -0.1) is 0 Å². The van der Waals surface area contributed by atoms with Gasteiger partial charge >= 0.3 is 6.09 Å². The number of aryl methyl sites for hydroxylation is 1. The van der Waals surface area contributed by atoms with Crippen molar-refractivity contribution in [2.75, 3.05) is 18.5 Å². The molecule has 8 nitrogen and oxygen atoms in total. The van der Waals surface area contributed by atoms with E-state index in [0.717, 1.165) is 11.1 Å². The van der Waals surface area contributed by atoms with Crippen LogP contribution in [-0.4, -0.2) is 52.7 Å². The third kappa shape index (κ3) is 7.68. The molecule has 2 aromatic rings. The van der Waals surface area contributed by atoms with Gasteiger partial charge in [0.2, 0.25) is 5.91 Å². The summed E-state index contributed by atoms with van der Waals surface area (Å²) in [6.45, 7) is 12.0. The van der Waals surface area contributed by atoms with Crippen LogP contribution in [0.1, 0.15) is 50.4 Å². The molecule has 0 saturated heterocycles. The number of nitrogens with one attached hydrogen (secondary N) is 2. The van der Waals surface area contributed by atoms with Crippen molar-refractivity contribution in [2.24, 2.45) is 0 Å². The van der Waals surface area contributed by atoms with Crippen molar-refractivity contribution in [1.29, 1.82) is 0 Å². The van der Waals surface area contributed by atoms with E-state index in [0.29, 0.717) is 11.3 Å². The zero-order valence-corrected chi connectivity index (χ0v) is 21.0. The number of para-hydroxylation sites is 1. The standard InChI is InChI=1S/C27H35N3O5/c1-7-19-13-11-14-20(16-19)23(24(32)28-21-15-10-9-12-18(21)3)30(8-2)25(33)22(17-31)29-26(34)35-27(4,5)6/h7,9-16,22-23,31H,1,8,17H2,2-6H3,(H,28,32)(H,29,34). The maximum atomic E-state index is 13.6. The lowest BCUT2D eigenvalue weighted by molar-refractivity contribution is -0.141. The molecule has 0 aliphatic carbocycles. The summed E-state index contributed by atoms with van der Waals surface area (Å²) in [5, 5.41) is 15.2. The predicted octanol–water partition coefficient (Wildman–Crippen LogP) is 4.05. The van der Waals surface area contributed by atoms with Crippen LogP contribution in [-0.2, 0) is 14.3 Å². The lowest BCUT2D eigenvalue weighted by Gasteiger charge is -2.33. The molecular formula is C27H35N3O5. The number of rotatable bonds is 9. The summed E-state index contributed by atoms with van der Waals surface area (Å²) in [4.78, 5) is 40.7. The molecule has 0 aliphatic rings. The highest BCUT2D eigenvalue weighted by Gasteiger charge is 2.35. The fourth-order valence-corrected chi connectivity index (χ4v) is 3.54. The zero-order chi connectivity index (χ0) is 26.2. The van der Waals surface area contributed by atoms with Crippen molar-refractivity contribution < 1.29 is 24.2 Å². The number of aliphatic hydroxyl groups is 1. The first-order chi connectivity index (χ1) is 16.5. The minimum absolute atomic E-state index is 0.148. The van der Waals surface area contributed by atoms with E-state index in [1.807, 2.05) is 31.2 Å². The van der Waals surface area contributed by atoms with Crippen LogP contribution in [0.5, 0.6) is 0 Å². The molecule has 0 heterocycles. The summed E-state index contributed by atoms with van der Waals surface area (Å²) in [6, 6.07) is 12.2. The Morgan fingerprint density at radius 1 is 1.14 bits per heavy atom. The normalized spacial score (nSPS) is 12.7. The number of benzene rings is 2. The molecule has 0 fully saturated rings. The van der Waals surface area contributed by atoms with Crippen LogP contribution in [0.25, 0.3) is 6.08 Å². The summed E-state index contributed by atoms with van der Waals surface area (Å²) in [7, 11) is 0. The Morgan fingerprint density at radius 3 is 2.40 bits per heavy atom. The molecule has 2 aromatic carbocycles. The van der Waals surface area contributed by atoms with Gasteiger partial charge in [0.1, 0.15) is 17.7 Å². The van der Waals surface area contributed by atoms with Crippen molar-refractivity contribution in [2.45, 2.75) is 52.3 Å². The molecule has 8 heteroatoms. The van der Waals surface area contributed by atoms with Gasteiger partial charge in [-0.2, -0.15) is 0 Å². The van der Waals surface area contributed by atoms with Crippen LogP contribution in [0, 0.1) is 6.92 Å². The molecule has 3 N–H and O–H groups in total. The molecule has 188 valence electrons. The topological polar surface area (TPSA) is 108 Å². The van der Waals surface area contributed by atoms with Crippen molar-refractivity contribution in [3.8, 4) is 0 Å². The monoisotopic (exact) mass is 481 g/mol. The van der Waals surface area contributed by atoms with Gasteiger partial charge in [0.15, 0.2) is 0 Å². The Hall–Kier alpha value is -3.65. The van der Waals surface area contributed by atoms with E-state index < -0.39 is 42.2 Å². The lowest BCUT2D eigenvalue weighted by Crippen LogP contribution is -2.53. The third-order valence-corrected chi connectivity index (χ3v) is 5.22. The Labute approximate surface area is 207 Å². The number of carbonyl (C=O) groups excluding carboxylic acids is 3. The summed E-state index contributed by atoms with van der Waals surface area (Å²) >= 11 is 0. The molecule has 0 aromatic heterocycles. The molecule has 0 aliphatic heterocycles. The van der Waals surface area contributed by atoms with Gasteiger partial charge < -0.3 is 25.4 Å². The van der Waals surface area contributed by atoms with Gasteiger partial charge in [0.05, 0.1) is 6.61 Å². The molecular weight excluding hydrogens is 446 g/mol. The average Bonchev–Trinajstić information content (AvgIpc) is 2.80. The predicted molar refractivity (Wildman–Crippen MR) is 137 cm³/mol. The van der Waals surface area contributed by atoms with Gasteiger partial charge in [-0.25, -0.2) is 4.79 Å². The van der Waals surface area contributed by atoms with Crippen LogP contribution in [0.3, 0.4) is 0 Å². The van der Waals surface area contributed by atoms with Crippen LogP contribution in [0.2, 0.25) is 0 Å². The zero-order valence-electron chi connectivity index (χ0n) is 21.0. The second kappa shape index (κ2) is 12.2.